The maximum absolute atomic E-state index is 13.9. The maximum Gasteiger partial charge on any atom is 0.258 e. The number of hydrogen-bond acceptors (Lipinski definition) is 9. The monoisotopic (exact) mass is 718 g/mol. The molecule has 2 heterocycles. The Morgan fingerprint density at radius 1 is 0.981 bits per heavy atom. The summed E-state index contributed by atoms with van der Waals surface area (Å²) >= 11 is 1.52. The number of likely N-dealkylation sites (N-methyl/N-ethyl adjacent to an activating group) is 1. The van der Waals surface area contributed by atoms with E-state index >= 15 is 0 Å². The Kier molecular flexibility index (Phi) is 11.3. The number of nitrogen functional groups attached to an aromatic ring is 1. The number of aromatic nitrogens is 1. The Hall–Kier alpha value is -5.56. The molecule has 1 aromatic heterocycles. The molecule has 0 aliphatic carbocycles. The summed E-state index contributed by atoms with van der Waals surface area (Å²) in [7, 11) is 1.98. The Balaban J connectivity index is 1.20. The third kappa shape index (κ3) is 8.31. The lowest BCUT2D eigenvalue weighted by molar-refractivity contribution is 0.0343. The number of ether oxygens (including phenoxy) is 1. The summed E-state index contributed by atoms with van der Waals surface area (Å²) < 4.78 is 6.71. The van der Waals surface area contributed by atoms with Crippen LogP contribution in [0.25, 0.3) is 10.6 Å². The summed E-state index contributed by atoms with van der Waals surface area (Å²) in [5.74, 6) is -0.718. The number of aliphatic hydroxyl groups excluding tert-OH is 1. The fourth-order valence-electron chi connectivity index (χ4n) is 6.13. The first-order valence-electron chi connectivity index (χ1n) is 17.1. The minimum atomic E-state index is -0.428. The van der Waals surface area contributed by atoms with Crippen molar-refractivity contribution in [1.29, 1.82) is 0 Å². The number of amides is 3. The van der Waals surface area contributed by atoms with Crippen LogP contribution in [-0.2, 0) is 6.54 Å². The summed E-state index contributed by atoms with van der Waals surface area (Å²) in [5, 5.41) is 18.7. The minimum absolute atomic E-state index is 0.132. The highest BCUT2D eigenvalue weighted by atomic mass is 32.1. The van der Waals surface area contributed by atoms with Crippen molar-refractivity contribution in [3.63, 3.8) is 0 Å². The lowest BCUT2D eigenvalue weighted by Crippen LogP contribution is -2.49. The van der Waals surface area contributed by atoms with E-state index in [1.807, 2.05) is 62.7 Å². The SMILES string of the molecule is CC(CO)N1C[C@@H](C)[C@@H](CN(C)Cc2ccc(C(=O)Nc3ccccc3N)cc2)Oc2c(NC(=O)c3ccc(-c4nccs4)cc3)cccc2C1=O. The molecule has 3 amide bonds. The molecule has 52 heavy (non-hydrogen) atoms. The Labute approximate surface area is 307 Å². The van der Waals surface area contributed by atoms with Crippen LogP contribution in [0.1, 0.15) is 50.5 Å². The average molecular weight is 719 g/mol. The summed E-state index contributed by atoms with van der Waals surface area (Å²) in [6.45, 7) is 5.07. The van der Waals surface area contributed by atoms with E-state index in [1.54, 1.807) is 65.7 Å². The van der Waals surface area contributed by atoms with Gasteiger partial charge < -0.3 is 31.1 Å². The fraction of sp³-hybridized carbons (Fsp3) is 0.250. The highest BCUT2D eigenvalue weighted by Gasteiger charge is 2.34. The van der Waals surface area contributed by atoms with Crippen molar-refractivity contribution >= 4 is 46.1 Å². The van der Waals surface area contributed by atoms with Gasteiger partial charge in [-0.1, -0.05) is 49.4 Å². The molecule has 0 saturated carbocycles. The predicted octanol–water partition coefficient (Wildman–Crippen LogP) is 6.25. The highest BCUT2D eigenvalue weighted by molar-refractivity contribution is 7.13. The maximum atomic E-state index is 13.9. The van der Waals surface area contributed by atoms with E-state index in [-0.39, 0.29) is 42.1 Å². The van der Waals surface area contributed by atoms with E-state index in [0.717, 1.165) is 16.1 Å². The van der Waals surface area contributed by atoms with Crippen LogP contribution in [0.4, 0.5) is 17.1 Å². The van der Waals surface area contributed by atoms with Gasteiger partial charge in [0.25, 0.3) is 17.7 Å². The highest BCUT2D eigenvalue weighted by Crippen LogP contribution is 2.35. The molecule has 1 unspecified atom stereocenters. The number of nitrogens with one attached hydrogen (secondary N) is 2. The molecule has 6 rings (SSSR count). The van der Waals surface area contributed by atoms with Gasteiger partial charge in [-0.25, -0.2) is 4.98 Å². The second kappa shape index (κ2) is 16.2. The molecule has 12 heteroatoms. The van der Waals surface area contributed by atoms with Crippen LogP contribution in [0.15, 0.2) is 103 Å². The molecular weight excluding hydrogens is 677 g/mol. The molecule has 5 aromatic rings. The normalized spacial score (nSPS) is 16.3. The molecular formula is C40H42N6O5S. The molecule has 0 fully saturated rings. The fourth-order valence-corrected chi connectivity index (χ4v) is 6.78. The molecule has 1 aliphatic heterocycles. The van der Waals surface area contributed by atoms with Crippen LogP contribution >= 0.6 is 11.3 Å². The Morgan fingerprint density at radius 3 is 2.29 bits per heavy atom. The number of carbonyl (C=O) groups is 3. The number of fused-ring (bicyclic) bond motifs is 1. The molecule has 11 nitrogen and oxygen atoms in total. The van der Waals surface area contributed by atoms with Gasteiger partial charge in [0.1, 0.15) is 11.1 Å². The van der Waals surface area contributed by atoms with E-state index in [4.69, 9.17) is 10.5 Å². The number of hydrogen-bond donors (Lipinski definition) is 4. The second-order valence-electron chi connectivity index (χ2n) is 13.1. The van der Waals surface area contributed by atoms with Gasteiger partial charge in [-0.3, -0.25) is 19.3 Å². The van der Waals surface area contributed by atoms with Crippen molar-refractivity contribution in [3.05, 3.63) is 125 Å². The van der Waals surface area contributed by atoms with Crippen LogP contribution in [0.3, 0.4) is 0 Å². The van der Waals surface area contributed by atoms with E-state index in [1.165, 1.54) is 11.3 Å². The van der Waals surface area contributed by atoms with Gasteiger partial charge in [0.05, 0.1) is 35.3 Å². The second-order valence-corrected chi connectivity index (χ2v) is 14.0. The zero-order valence-electron chi connectivity index (χ0n) is 29.3. The van der Waals surface area contributed by atoms with Crippen molar-refractivity contribution in [2.45, 2.75) is 32.5 Å². The first-order valence-corrected chi connectivity index (χ1v) is 17.9. The van der Waals surface area contributed by atoms with Gasteiger partial charge in [-0.05, 0) is 68.1 Å². The van der Waals surface area contributed by atoms with Crippen LogP contribution < -0.4 is 21.1 Å². The zero-order valence-corrected chi connectivity index (χ0v) is 30.1. The first-order chi connectivity index (χ1) is 25.1. The van der Waals surface area contributed by atoms with E-state index in [0.29, 0.717) is 53.4 Å². The molecule has 0 saturated heterocycles. The van der Waals surface area contributed by atoms with Crippen molar-refractivity contribution in [1.82, 2.24) is 14.8 Å². The van der Waals surface area contributed by atoms with E-state index in [2.05, 4.69) is 20.5 Å². The Morgan fingerprint density at radius 2 is 1.63 bits per heavy atom. The molecule has 0 radical (unpaired) electrons. The summed E-state index contributed by atoms with van der Waals surface area (Å²) in [6.07, 6.45) is 1.35. The predicted molar refractivity (Wildman–Crippen MR) is 205 cm³/mol. The van der Waals surface area contributed by atoms with E-state index < -0.39 is 6.04 Å². The van der Waals surface area contributed by atoms with E-state index in [9.17, 15) is 19.5 Å². The standard InChI is InChI=1S/C40H42N6O5S/c1-25-21-46(26(2)24-47)40(50)31-7-6-10-34(44-38(49)29-15-17-30(18-16-29)39-42-19-20-52-39)36(31)51-35(25)23-45(3)22-27-11-13-28(14-12-27)37(48)43-33-9-5-4-8-32(33)41/h4-20,25-26,35,47H,21-24,41H2,1-3H3,(H,43,48)(H,44,49)/t25-,26?,35-/m1/s1. The number of nitrogens with zero attached hydrogens (tertiary/aromatic N) is 3. The van der Waals surface area contributed by atoms with Gasteiger partial charge >= 0.3 is 0 Å². The van der Waals surface area contributed by atoms with Crippen molar-refractivity contribution in [2.24, 2.45) is 5.92 Å². The lowest BCUT2D eigenvalue weighted by Gasteiger charge is -2.38. The summed E-state index contributed by atoms with van der Waals surface area (Å²) in [5.41, 5.74) is 10.6. The van der Waals surface area contributed by atoms with Gasteiger partial charge in [-0.2, -0.15) is 0 Å². The first kappa shape index (κ1) is 36.2. The topological polar surface area (TPSA) is 150 Å². The number of rotatable bonds is 11. The largest absolute Gasteiger partial charge is 0.486 e. The number of thiazole rings is 1. The zero-order chi connectivity index (χ0) is 36.8. The third-order valence-corrected chi connectivity index (χ3v) is 9.96. The number of anilines is 3. The molecule has 4 aromatic carbocycles. The molecule has 5 N–H and O–H groups in total. The molecule has 0 spiro atoms. The quantitative estimate of drug-likeness (QED) is 0.117. The van der Waals surface area contributed by atoms with Crippen molar-refractivity contribution in [3.8, 4) is 16.3 Å². The average Bonchev–Trinajstić information content (AvgIpc) is 3.70. The number of benzene rings is 4. The van der Waals surface area contributed by atoms with Gasteiger partial charge in [0.2, 0.25) is 0 Å². The molecule has 0 bridgehead atoms. The number of carbonyl (C=O) groups excluding carboxylic acids is 3. The molecule has 1 aliphatic rings. The number of para-hydroxylation sites is 3. The number of aliphatic hydroxyl groups is 1. The summed E-state index contributed by atoms with van der Waals surface area (Å²) in [4.78, 5) is 48.4. The van der Waals surface area contributed by atoms with Crippen LogP contribution in [0, 0.1) is 5.92 Å². The number of nitrogens with two attached hydrogens (primary N) is 1. The third-order valence-electron chi connectivity index (χ3n) is 9.13. The van der Waals surface area contributed by atoms with Crippen LogP contribution in [0.2, 0.25) is 0 Å². The van der Waals surface area contributed by atoms with Crippen molar-refractivity contribution in [2.75, 3.05) is 43.1 Å². The molecule has 3 atom stereocenters. The smallest absolute Gasteiger partial charge is 0.258 e. The van der Waals surface area contributed by atoms with Gasteiger partial charge in [0.15, 0.2) is 5.75 Å². The molecule has 268 valence electrons. The van der Waals surface area contributed by atoms with Crippen LogP contribution in [0.5, 0.6) is 5.75 Å². The van der Waals surface area contributed by atoms with Crippen molar-refractivity contribution < 1.29 is 24.2 Å². The lowest BCUT2D eigenvalue weighted by atomic mass is 9.98. The van der Waals surface area contributed by atoms with Crippen LogP contribution in [-0.4, -0.2) is 76.5 Å². The summed E-state index contributed by atoms with van der Waals surface area (Å²) in [6, 6.07) is 26.4. The van der Waals surface area contributed by atoms with Gasteiger partial charge in [0, 0.05) is 53.8 Å². The minimum Gasteiger partial charge on any atom is -0.486 e. The Bertz CT molecular complexity index is 2020. The van der Waals surface area contributed by atoms with Gasteiger partial charge in [-0.15, -0.1) is 11.3 Å².